The normalized spacial score (nSPS) is 23.2. The number of β-amino-alcohol motifs (C(OH)–C–C–N with tert-alkyl or cyclic N) is 2. The smallest absolute Gasteiger partial charge is 0.241 e. The molecule has 0 saturated carbocycles. The van der Waals surface area contributed by atoms with Crippen molar-refractivity contribution >= 4 is 11.6 Å². The molecule has 0 aromatic heterocycles. The Morgan fingerprint density at radius 3 is 2.30 bits per heavy atom. The second-order valence-electron chi connectivity index (χ2n) is 5.52. The monoisotopic (exact) mass is 278 g/mol. The van der Waals surface area contributed by atoms with Crippen LogP contribution in [0.4, 0.5) is 5.69 Å². The van der Waals surface area contributed by atoms with Crippen molar-refractivity contribution in [3.8, 4) is 0 Å². The van der Waals surface area contributed by atoms with Crippen LogP contribution in [0.5, 0.6) is 0 Å². The highest BCUT2D eigenvalue weighted by atomic mass is 16.3. The van der Waals surface area contributed by atoms with Gasteiger partial charge in [-0.1, -0.05) is 18.2 Å². The van der Waals surface area contributed by atoms with Crippen LogP contribution >= 0.6 is 0 Å². The fraction of sp³-hybridized carbons (Fsp3) is 0.533. The molecule has 1 aliphatic heterocycles. The van der Waals surface area contributed by atoms with E-state index in [-0.39, 0.29) is 18.5 Å². The molecule has 0 aliphatic carbocycles. The lowest BCUT2D eigenvalue weighted by Crippen LogP contribution is -2.43. The first-order valence-electron chi connectivity index (χ1n) is 6.94. The Morgan fingerprint density at radius 1 is 1.25 bits per heavy atom. The van der Waals surface area contributed by atoms with Crippen LogP contribution in [0.25, 0.3) is 0 Å². The zero-order chi connectivity index (χ0) is 14.7. The Labute approximate surface area is 119 Å². The third-order valence-electron chi connectivity index (χ3n) is 3.51. The van der Waals surface area contributed by atoms with E-state index in [1.165, 1.54) is 0 Å². The minimum atomic E-state index is -0.757. The van der Waals surface area contributed by atoms with E-state index in [2.05, 4.69) is 0 Å². The number of nitrogens with zero attached hydrogens (tertiary/aromatic N) is 2. The molecule has 2 atom stereocenters. The van der Waals surface area contributed by atoms with Crippen molar-refractivity contribution in [3.63, 3.8) is 0 Å². The van der Waals surface area contributed by atoms with Crippen molar-refractivity contribution < 1.29 is 15.0 Å². The molecule has 1 aromatic rings. The lowest BCUT2D eigenvalue weighted by atomic mass is 10.2. The number of para-hydroxylation sites is 1. The summed E-state index contributed by atoms with van der Waals surface area (Å²) in [5, 5.41) is 19.1. The Kier molecular flexibility index (Phi) is 4.75. The highest BCUT2D eigenvalue weighted by Crippen LogP contribution is 2.18. The minimum absolute atomic E-state index is 0.0208. The number of likely N-dealkylation sites (tertiary alicyclic amines) is 1. The minimum Gasteiger partial charge on any atom is -0.389 e. The van der Waals surface area contributed by atoms with Crippen molar-refractivity contribution in [3.05, 3.63) is 30.3 Å². The number of carbonyl (C=O) groups is 1. The van der Waals surface area contributed by atoms with Crippen LogP contribution in [0, 0.1) is 0 Å². The molecule has 110 valence electrons. The number of benzene rings is 1. The molecule has 2 rings (SSSR count). The quantitative estimate of drug-likeness (QED) is 0.840. The van der Waals surface area contributed by atoms with E-state index in [1.54, 1.807) is 9.80 Å². The average molecular weight is 278 g/mol. The summed E-state index contributed by atoms with van der Waals surface area (Å²) < 4.78 is 0. The Balaban J connectivity index is 2.05. The van der Waals surface area contributed by atoms with Crippen LogP contribution in [-0.2, 0) is 4.79 Å². The standard InChI is InChI=1S/C15H22N2O3/c1-11(2)17(12-6-4-3-5-7-12)15(20)10-16-8-13(18)14(19)9-16/h3-7,11,13-14,18-19H,8-10H2,1-2H3. The molecule has 1 fully saturated rings. The van der Waals surface area contributed by atoms with Crippen molar-refractivity contribution in [2.24, 2.45) is 0 Å². The maximum Gasteiger partial charge on any atom is 0.241 e. The van der Waals surface area contributed by atoms with E-state index in [9.17, 15) is 15.0 Å². The van der Waals surface area contributed by atoms with Gasteiger partial charge in [0.2, 0.25) is 5.91 Å². The summed E-state index contributed by atoms with van der Waals surface area (Å²) in [4.78, 5) is 16.0. The van der Waals surface area contributed by atoms with Gasteiger partial charge in [-0.3, -0.25) is 9.69 Å². The number of hydrogen-bond donors (Lipinski definition) is 2. The van der Waals surface area contributed by atoms with Gasteiger partial charge in [-0.05, 0) is 26.0 Å². The molecular formula is C15H22N2O3. The predicted molar refractivity (Wildman–Crippen MR) is 77.5 cm³/mol. The second-order valence-corrected chi connectivity index (χ2v) is 5.52. The summed E-state index contributed by atoms with van der Waals surface area (Å²) in [7, 11) is 0. The zero-order valence-corrected chi connectivity index (χ0v) is 11.9. The van der Waals surface area contributed by atoms with Crippen LogP contribution in [0.1, 0.15) is 13.8 Å². The Morgan fingerprint density at radius 2 is 1.80 bits per heavy atom. The van der Waals surface area contributed by atoms with Gasteiger partial charge in [0.25, 0.3) is 0 Å². The predicted octanol–water partition coefficient (Wildman–Crippen LogP) is 0.465. The molecule has 1 saturated heterocycles. The van der Waals surface area contributed by atoms with Crippen molar-refractivity contribution in [1.82, 2.24) is 4.90 Å². The maximum atomic E-state index is 12.5. The molecule has 2 N–H and O–H groups in total. The fourth-order valence-corrected chi connectivity index (χ4v) is 2.56. The highest BCUT2D eigenvalue weighted by Gasteiger charge is 2.32. The first kappa shape index (κ1) is 15.0. The van der Waals surface area contributed by atoms with Crippen LogP contribution in [0.3, 0.4) is 0 Å². The molecule has 1 aromatic carbocycles. The van der Waals surface area contributed by atoms with E-state index in [1.807, 2.05) is 44.2 Å². The molecule has 0 radical (unpaired) electrons. The molecule has 20 heavy (non-hydrogen) atoms. The van der Waals surface area contributed by atoms with Gasteiger partial charge in [0.15, 0.2) is 0 Å². The molecule has 5 heteroatoms. The third-order valence-corrected chi connectivity index (χ3v) is 3.51. The molecular weight excluding hydrogens is 256 g/mol. The summed E-state index contributed by atoms with van der Waals surface area (Å²) in [6.07, 6.45) is -1.51. The van der Waals surface area contributed by atoms with Gasteiger partial charge in [-0.25, -0.2) is 0 Å². The summed E-state index contributed by atoms with van der Waals surface area (Å²) in [6.45, 7) is 4.83. The maximum absolute atomic E-state index is 12.5. The summed E-state index contributed by atoms with van der Waals surface area (Å²) in [5.74, 6) is -0.0208. The Bertz CT molecular complexity index is 440. The van der Waals surface area contributed by atoms with E-state index >= 15 is 0 Å². The van der Waals surface area contributed by atoms with Gasteiger partial charge < -0.3 is 15.1 Å². The SMILES string of the molecule is CC(C)N(C(=O)CN1CC(O)C(O)C1)c1ccccc1. The van der Waals surface area contributed by atoms with Gasteiger partial charge in [0.1, 0.15) is 0 Å². The van der Waals surface area contributed by atoms with Crippen LogP contribution < -0.4 is 4.90 Å². The molecule has 5 nitrogen and oxygen atoms in total. The largest absolute Gasteiger partial charge is 0.389 e. The van der Waals surface area contributed by atoms with Crippen LogP contribution in [0.2, 0.25) is 0 Å². The molecule has 1 heterocycles. The van der Waals surface area contributed by atoms with E-state index in [0.717, 1.165) is 5.69 Å². The lowest BCUT2D eigenvalue weighted by Gasteiger charge is -2.28. The fourth-order valence-electron chi connectivity index (χ4n) is 2.56. The van der Waals surface area contributed by atoms with Gasteiger partial charge in [-0.15, -0.1) is 0 Å². The van der Waals surface area contributed by atoms with Gasteiger partial charge >= 0.3 is 0 Å². The van der Waals surface area contributed by atoms with Gasteiger partial charge in [-0.2, -0.15) is 0 Å². The molecule has 0 bridgehead atoms. The average Bonchev–Trinajstić information content (AvgIpc) is 2.69. The summed E-state index contributed by atoms with van der Waals surface area (Å²) >= 11 is 0. The first-order valence-corrected chi connectivity index (χ1v) is 6.94. The molecule has 1 amide bonds. The Hall–Kier alpha value is -1.43. The zero-order valence-electron chi connectivity index (χ0n) is 11.9. The van der Waals surface area contributed by atoms with E-state index < -0.39 is 12.2 Å². The van der Waals surface area contributed by atoms with Gasteiger partial charge in [0, 0.05) is 24.8 Å². The number of aliphatic hydroxyl groups is 2. The molecule has 0 spiro atoms. The molecule has 1 aliphatic rings. The number of rotatable bonds is 4. The lowest BCUT2D eigenvalue weighted by molar-refractivity contribution is -0.120. The van der Waals surface area contributed by atoms with Crippen molar-refractivity contribution in [2.75, 3.05) is 24.5 Å². The highest BCUT2D eigenvalue weighted by molar-refractivity contribution is 5.95. The number of amides is 1. The summed E-state index contributed by atoms with van der Waals surface area (Å²) in [6, 6.07) is 9.60. The third kappa shape index (κ3) is 3.36. The topological polar surface area (TPSA) is 64.0 Å². The summed E-state index contributed by atoms with van der Waals surface area (Å²) in [5.41, 5.74) is 0.868. The number of anilines is 1. The molecule has 2 unspecified atom stereocenters. The van der Waals surface area contributed by atoms with Crippen LogP contribution in [-0.4, -0.2) is 58.9 Å². The number of aliphatic hydroxyl groups excluding tert-OH is 2. The van der Waals surface area contributed by atoms with E-state index in [0.29, 0.717) is 13.1 Å². The van der Waals surface area contributed by atoms with E-state index in [4.69, 9.17) is 0 Å². The van der Waals surface area contributed by atoms with Crippen molar-refractivity contribution in [2.45, 2.75) is 32.1 Å². The number of carbonyl (C=O) groups excluding carboxylic acids is 1. The number of hydrogen-bond acceptors (Lipinski definition) is 4. The van der Waals surface area contributed by atoms with Gasteiger partial charge in [0.05, 0.1) is 18.8 Å². The van der Waals surface area contributed by atoms with Crippen LogP contribution in [0.15, 0.2) is 30.3 Å². The first-order chi connectivity index (χ1) is 9.49. The second kappa shape index (κ2) is 6.35. The van der Waals surface area contributed by atoms with Crippen molar-refractivity contribution in [1.29, 1.82) is 0 Å².